The predicted octanol–water partition coefficient (Wildman–Crippen LogP) is 2.64. The molecule has 1 aromatic rings. The standard InChI is InChI=1S/C17H25N3O3/c1-2-19-10-14(16(18-19)12-8-9-12)17(23)20(11-15(21)22)13-6-4-3-5-7-13/h10,12-13H,2-9,11H2,1H3,(H,21,22). The minimum atomic E-state index is -0.945. The van der Waals surface area contributed by atoms with Gasteiger partial charge in [0, 0.05) is 24.7 Å². The molecule has 23 heavy (non-hydrogen) atoms. The van der Waals surface area contributed by atoms with Crippen LogP contribution in [-0.2, 0) is 11.3 Å². The molecule has 6 nitrogen and oxygen atoms in total. The molecule has 0 saturated heterocycles. The Hall–Kier alpha value is -1.85. The second-order valence-corrected chi connectivity index (χ2v) is 6.68. The molecule has 2 fully saturated rings. The SMILES string of the molecule is CCn1cc(C(=O)N(CC(=O)O)C2CCCCC2)c(C2CC2)n1. The molecule has 2 saturated carbocycles. The maximum absolute atomic E-state index is 13.1. The first-order chi connectivity index (χ1) is 11.1. The Balaban J connectivity index is 1.87. The summed E-state index contributed by atoms with van der Waals surface area (Å²) in [5, 5.41) is 13.8. The van der Waals surface area contributed by atoms with E-state index >= 15 is 0 Å². The summed E-state index contributed by atoms with van der Waals surface area (Å²) in [4.78, 5) is 25.9. The molecule has 1 amide bonds. The minimum absolute atomic E-state index is 0.0457. The van der Waals surface area contributed by atoms with E-state index in [9.17, 15) is 14.7 Å². The maximum Gasteiger partial charge on any atom is 0.323 e. The molecule has 0 radical (unpaired) electrons. The summed E-state index contributed by atoms with van der Waals surface area (Å²) < 4.78 is 1.79. The molecule has 0 spiro atoms. The lowest BCUT2D eigenvalue weighted by Crippen LogP contribution is -2.44. The van der Waals surface area contributed by atoms with Crippen LogP contribution in [-0.4, -0.2) is 44.3 Å². The Morgan fingerprint density at radius 1 is 1.26 bits per heavy atom. The number of carbonyl (C=O) groups excluding carboxylic acids is 1. The van der Waals surface area contributed by atoms with Crippen molar-refractivity contribution in [3.8, 4) is 0 Å². The van der Waals surface area contributed by atoms with Crippen molar-refractivity contribution in [1.82, 2.24) is 14.7 Å². The molecule has 0 bridgehead atoms. The highest BCUT2D eigenvalue weighted by Crippen LogP contribution is 2.41. The maximum atomic E-state index is 13.1. The van der Waals surface area contributed by atoms with Gasteiger partial charge in [-0.25, -0.2) is 0 Å². The van der Waals surface area contributed by atoms with Gasteiger partial charge >= 0.3 is 5.97 Å². The summed E-state index contributed by atoms with van der Waals surface area (Å²) >= 11 is 0. The number of carboxylic acids is 1. The average Bonchev–Trinajstić information content (AvgIpc) is 3.31. The Labute approximate surface area is 136 Å². The fourth-order valence-electron chi connectivity index (χ4n) is 3.48. The fourth-order valence-corrected chi connectivity index (χ4v) is 3.48. The van der Waals surface area contributed by atoms with Gasteiger partial charge in [-0.3, -0.25) is 14.3 Å². The normalized spacial score (nSPS) is 18.8. The van der Waals surface area contributed by atoms with Crippen molar-refractivity contribution >= 4 is 11.9 Å². The summed E-state index contributed by atoms with van der Waals surface area (Å²) in [5.41, 5.74) is 1.48. The molecule has 2 aliphatic carbocycles. The third kappa shape index (κ3) is 3.57. The topological polar surface area (TPSA) is 75.4 Å². The number of amides is 1. The molecule has 0 aromatic carbocycles. The Bertz CT molecular complexity index is 586. The highest BCUT2D eigenvalue weighted by atomic mass is 16.4. The van der Waals surface area contributed by atoms with Gasteiger partial charge in [-0.15, -0.1) is 0 Å². The van der Waals surface area contributed by atoms with Crippen LogP contribution in [0.5, 0.6) is 0 Å². The van der Waals surface area contributed by atoms with Crippen LogP contribution in [0.1, 0.15) is 73.8 Å². The first kappa shape index (κ1) is 16.0. The van der Waals surface area contributed by atoms with Gasteiger partial charge in [-0.05, 0) is 32.6 Å². The van der Waals surface area contributed by atoms with Gasteiger partial charge in [0.2, 0.25) is 0 Å². The lowest BCUT2D eigenvalue weighted by molar-refractivity contribution is -0.138. The second-order valence-electron chi connectivity index (χ2n) is 6.68. The summed E-state index contributed by atoms with van der Waals surface area (Å²) in [7, 11) is 0. The first-order valence-corrected chi connectivity index (χ1v) is 8.70. The van der Waals surface area contributed by atoms with Gasteiger partial charge in [0.15, 0.2) is 0 Å². The molecular formula is C17H25N3O3. The zero-order valence-electron chi connectivity index (χ0n) is 13.7. The van der Waals surface area contributed by atoms with Crippen LogP contribution in [0.25, 0.3) is 0 Å². The number of carboxylic acid groups (broad SMARTS) is 1. The zero-order valence-corrected chi connectivity index (χ0v) is 13.7. The molecule has 0 unspecified atom stereocenters. The molecule has 1 aromatic heterocycles. The van der Waals surface area contributed by atoms with Gasteiger partial charge in [0.25, 0.3) is 5.91 Å². The highest BCUT2D eigenvalue weighted by Gasteiger charge is 2.35. The van der Waals surface area contributed by atoms with Gasteiger partial charge in [-0.1, -0.05) is 19.3 Å². The van der Waals surface area contributed by atoms with E-state index in [0.29, 0.717) is 11.5 Å². The second kappa shape index (κ2) is 6.72. The van der Waals surface area contributed by atoms with Crippen LogP contribution < -0.4 is 0 Å². The number of rotatable bonds is 6. The molecule has 1 N–H and O–H groups in total. The summed E-state index contributed by atoms with van der Waals surface area (Å²) in [6, 6.07) is 0.0457. The lowest BCUT2D eigenvalue weighted by Gasteiger charge is -2.33. The van der Waals surface area contributed by atoms with Crippen LogP contribution in [0.3, 0.4) is 0 Å². The third-order valence-electron chi connectivity index (χ3n) is 4.89. The molecule has 1 heterocycles. The molecular weight excluding hydrogens is 294 g/mol. The van der Waals surface area contributed by atoms with E-state index in [0.717, 1.165) is 50.8 Å². The molecule has 6 heteroatoms. The number of hydrogen-bond donors (Lipinski definition) is 1. The summed E-state index contributed by atoms with van der Waals surface area (Å²) in [5.74, 6) is -0.722. The largest absolute Gasteiger partial charge is 0.480 e. The molecule has 0 aliphatic heterocycles. The lowest BCUT2D eigenvalue weighted by atomic mass is 9.93. The van der Waals surface area contributed by atoms with Crippen molar-refractivity contribution < 1.29 is 14.7 Å². The van der Waals surface area contributed by atoms with Crippen LogP contribution in [0.4, 0.5) is 0 Å². The monoisotopic (exact) mass is 319 g/mol. The smallest absolute Gasteiger partial charge is 0.323 e. The molecule has 0 atom stereocenters. The van der Waals surface area contributed by atoms with Crippen molar-refractivity contribution in [2.24, 2.45) is 0 Å². The van der Waals surface area contributed by atoms with Gasteiger partial charge in [0.05, 0.1) is 11.3 Å². The third-order valence-corrected chi connectivity index (χ3v) is 4.89. The van der Waals surface area contributed by atoms with Crippen molar-refractivity contribution in [2.45, 2.75) is 70.4 Å². The van der Waals surface area contributed by atoms with E-state index in [1.54, 1.807) is 15.8 Å². The number of aromatic nitrogens is 2. The van der Waals surface area contributed by atoms with E-state index in [1.165, 1.54) is 6.42 Å². The number of aryl methyl sites for hydroxylation is 1. The predicted molar refractivity (Wildman–Crippen MR) is 85.4 cm³/mol. The Morgan fingerprint density at radius 3 is 2.52 bits per heavy atom. The number of nitrogens with zero attached hydrogens (tertiary/aromatic N) is 3. The zero-order chi connectivity index (χ0) is 16.4. The molecule has 2 aliphatic rings. The van der Waals surface area contributed by atoms with E-state index in [4.69, 9.17) is 0 Å². The molecule has 126 valence electrons. The first-order valence-electron chi connectivity index (χ1n) is 8.70. The van der Waals surface area contributed by atoms with Crippen LogP contribution in [0, 0.1) is 0 Å². The highest BCUT2D eigenvalue weighted by molar-refractivity contribution is 5.97. The average molecular weight is 319 g/mol. The number of aliphatic carboxylic acids is 1. The van der Waals surface area contributed by atoms with Crippen molar-refractivity contribution in [3.63, 3.8) is 0 Å². The van der Waals surface area contributed by atoms with Crippen LogP contribution >= 0.6 is 0 Å². The van der Waals surface area contributed by atoms with Gasteiger partial charge in [0.1, 0.15) is 6.54 Å². The van der Waals surface area contributed by atoms with Gasteiger partial charge in [-0.2, -0.15) is 5.10 Å². The minimum Gasteiger partial charge on any atom is -0.480 e. The van der Waals surface area contributed by atoms with E-state index in [1.807, 2.05) is 6.92 Å². The number of hydrogen-bond acceptors (Lipinski definition) is 3. The van der Waals surface area contributed by atoms with Crippen molar-refractivity contribution in [3.05, 3.63) is 17.5 Å². The fraction of sp³-hybridized carbons (Fsp3) is 0.706. The quantitative estimate of drug-likeness (QED) is 0.874. The summed E-state index contributed by atoms with van der Waals surface area (Å²) in [6.07, 6.45) is 9.06. The van der Waals surface area contributed by atoms with E-state index in [2.05, 4.69) is 5.10 Å². The van der Waals surface area contributed by atoms with E-state index < -0.39 is 5.97 Å². The number of carbonyl (C=O) groups is 2. The van der Waals surface area contributed by atoms with Crippen LogP contribution in [0.2, 0.25) is 0 Å². The van der Waals surface area contributed by atoms with E-state index in [-0.39, 0.29) is 18.5 Å². The Kier molecular flexibility index (Phi) is 4.68. The molecule has 3 rings (SSSR count). The van der Waals surface area contributed by atoms with Crippen molar-refractivity contribution in [2.75, 3.05) is 6.54 Å². The van der Waals surface area contributed by atoms with Crippen molar-refractivity contribution in [1.29, 1.82) is 0 Å². The van der Waals surface area contributed by atoms with Crippen LogP contribution in [0.15, 0.2) is 6.20 Å². The summed E-state index contributed by atoms with van der Waals surface area (Å²) in [6.45, 7) is 2.49. The Morgan fingerprint density at radius 2 is 1.96 bits per heavy atom. The van der Waals surface area contributed by atoms with Gasteiger partial charge < -0.3 is 10.0 Å².